The van der Waals surface area contributed by atoms with Crippen LogP contribution in [0.4, 0.5) is 23.4 Å². The van der Waals surface area contributed by atoms with E-state index in [0.29, 0.717) is 25.3 Å². The second-order valence-corrected chi connectivity index (χ2v) is 13.0. The van der Waals surface area contributed by atoms with Crippen LogP contribution >= 0.6 is 0 Å². The van der Waals surface area contributed by atoms with E-state index in [4.69, 9.17) is 14.5 Å². The van der Waals surface area contributed by atoms with Gasteiger partial charge in [-0.1, -0.05) is 6.07 Å². The topological polar surface area (TPSA) is 95.9 Å². The summed E-state index contributed by atoms with van der Waals surface area (Å²) >= 11 is 0. The number of aromatic nitrogens is 3. The van der Waals surface area contributed by atoms with Crippen molar-refractivity contribution in [3.63, 3.8) is 0 Å². The Balaban J connectivity index is 1.24. The second-order valence-electron chi connectivity index (χ2n) is 13.0. The van der Waals surface area contributed by atoms with Gasteiger partial charge in [-0.2, -0.15) is 9.97 Å². The van der Waals surface area contributed by atoms with Gasteiger partial charge in [0.25, 0.3) is 0 Å². The molecule has 5 aliphatic rings. The zero-order chi connectivity index (χ0) is 30.6. The highest BCUT2D eigenvalue weighted by Crippen LogP contribution is 2.45. The Morgan fingerprint density at radius 2 is 1.96 bits per heavy atom. The Labute approximate surface area is 255 Å². The number of rotatable bonds is 4. The lowest BCUT2D eigenvalue weighted by atomic mass is 9.95. The van der Waals surface area contributed by atoms with E-state index in [-0.39, 0.29) is 81.9 Å². The van der Waals surface area contributed by atoms with Gasteiger partial charge in [0.1, 0.15) is 47.5 Å². The zero-order valence-corrected chi connectivity index (χ0v) is 24.2. The minimum atomic E-state index is -1.19. The van der Waals surface area contributed by atoms with Gasteiger partial charge in [-0.15, -0.1) is 0 Å². The number of nitrogens with zero attached hydrogens (tertiary/aromatic N) is 5. The quantitative estimate of drug-likeness (QED) is 0.316. The summed E-state index contributed by atoms with van der Waals surface area (Å²) in [6.45, 7) is 2.14. The molecule has 4 fully saturated rings. The fourth-order valence-corrected chi connectivity index (χ4v) is 8.38. The van der Waals surface area contributed by atoms with Crippen LogP contribution in [0.15, 0.2) is 24.3 Å². The van der Waals surface area contributed by atoms with Crippen molar-refractivity contribution in [3.8, 4) is 28.9 Å². The summed E-state index contributed by atoms with van der Waals surface area (Å²) in [6.07, 6.45) is 3.06. The number of nitrogens with one attached hydrogen (secondary N) is 1. The van der Waals surface area contributed by atoms with Crippen molar-refractivity contribution >= 4 is 27.5 Å². The average molecular weight is 623 g/mol. The Kier molecular flexibility index (Phi) is 5.93. The molecule has 0 aliphatic carbocycles. The van der Waals surface area contributed by atoms with Crippen molar-refractivity contribution in [3.05, 3.63) is 41.7 Å². The number of phenolic OH excluding ortho intramolecular Hbond substituents is 1. The lowest BCUT2D eigenvalue weighted by Gasteiger charge is -2.40. The normalized spacial score (nSPS) is 28.8. The largest absolute Gasteiger partial charge is 0.508 e. The third-order valence-corrected chi connectivity index (χ3v) is 10.4. The van der Waals surface area contributed by atoms with Crippen LogP contribution in [-0.2, 0) is 0 Å². The number of halogens is 4. The zero-order valence-electron chi connectivity index (χ0n) is 24.2. The van der Waals surface area contributed by atoms with Crippen LogP contribution in [0.2, 0.25) is 0 Å². The Morgan fingerprint density at radius 1 is 1.07 bits per heavy atom. The van der Waals surface area contributed by atoms with Gasteiger partial charge < -0.3 is 24.8 Å². The van der Waals surface area contributed by atoms with Gasteiger partial charge in [-0.25, -0.2) is 22.5 Å². The number of hydrogen-bond donors (Lipinski definition) is 2. The van der Waals surface area contributed by atoms with Crippen LogP contribution in [0, 0.1) is 17.5 Å². The summed E-state index contributed by atoms with van der Waals surface area (Å²) in [5.41, 5.74) is -1.12. The van der Waals surface area contributed by atoms with Gasteiger partial charge in [0.2, 0.25) is 5.88 Å². The highest BCUT2D eigenvalue weighted by atomic mass is 19.2. The molecule has 5 atom stereocenters. The van der Waals surface area contributed by atoms with E-state index in [1.54, 1.807) is 0 Å². The van der Waals surface area contributed by atoms with Gasteiger partial charge in [-0.3, -0.25) is 4.90 Å². The van der Waals surface area contributed by atoms with Crippen molar-refractivity contribution < 1.29 is 32.1 Å². The van der Waals surface area contributed by atoms with Crippen LogP contribution in [0.3, 0.4) is 0 Å². The number of fused-ring (bicyclic) bond motifs is 7. The average Bonchev–Trinajstić information content (AvgIpc) is 3.65. The van der Waals surface area contributed by atoms with Crippen molar-refractivity contribution in [1.29, 1.82) is 0 Å². The molecule has 0 amide bonds. The standard InChI is InChI=1S/C32H30F4N6O3/c33-16-10-32(6-1-7-41(32)11-16)14-45-31-39-28-24-29(40-31)42-12-17-3-5-21(37-17)22(42)13-44-30(24)38-27(26(28)36)19-9-18(43)8-15-2-4-20(34)25(35)23(15)19/h2,4,8-9,16-17,21-22,37,43H,1,3,5-7,10-14H2/t16-,17-,21+,22+,32+/m0/s1. The predicted molar refractivity (Wildman–Crippen MR) is 157 cm³/mol. The number of benzene rings is 2. The molecule has 2 bridgehead atoms. The number of phenols is 1. The first-order chi connectivity index (χ1) is 21.8. The first kappa shape index (κ1) is 27.3. The number of aromatic hydroxyl groups is 1. The molecule has 7 heterocycles. The van der Waals surface area contributed by atoms with E-state index in [1.807, 2.05) is 0 Å². The fourth-order valence-electron chi connectivity index (χ4n) is 8.38. The summed E-state index contributed by atoms with van der Waals surface area (Å²) in [4.78, 5) is 18.1. The van der Waals surface area contributed by atoms with E-state index in [0.717, 1.165) is 44.4 Å². The maximum Gasteiger partial charge on any atom is 0.319 e. The molecule has 4 saturated heterocycles. The molecular formula is C32H30F4N6O3. The van der Waals surface area contributed by atoms with Crippen molar-refractivity contribution in [1.82, 2.24) is 25.2 Å². The van der Waals surface area contributed by atoms with E-state index in [2.05, 4.69) is 25.1 Å². The summed E-state index contributed by atoms with van der Waals surface area (Å²) < 4.78 is 73.5. The minimum Gasteiger partial charge on any atom is -0.508 e. The molecule has 0 unspecified atom stereocenters. The van der Waals surface area contributed by atoms with Crippen LogP contribution in [-0.4, -0.2) is 87.6 Å². The smallest absolute Gasteiger partial charge is 0.319 e. The van der Waals surface area contributed by atoms with Crippen molar-refractivity contribution in [2.24, 2.45) is 0 Å². The number of anilines is 1. The van der Waals surface area contributed by atoms with Crippen molar-refractivity contribution in [2.75, 3.05) is 37.7 Å². The highest BCUT2D eigenvalue weighted by molar-refractivity contribution is 6.02. The van der Waals surface area contributed by atoms with Gasteiger partial charge in [0.15, 0.2) is 17.5 Å². The summed E-state index contributed by atoms with van der Waals surface area (Å²) in [7, 11) is 0. The maximum atomic E-state index is 16.8. The first-order valence-corrected chi connectivity index (χ1v) is 15.5. The van der Waals surface area contributed by atoms with Gasteiger partial charge in [0.05, 0.1) is 11.6 Å². The number of pyridine rings is 1. The molecule has 9 rings (SSSR count). The minimum absolute atomic E-state index is 0.0538. The molecule has 234 valence electrons. The third-order valence-electron chi connectivity index (χ3n) is 10.4. The van der Waals surface area contributed by atoms with Crippen LogP contribution in [0.5, 0.6) is 17.6 Å². The molecule has 0 spiro atoms. The summed E-state index contributed by atoms with van der Waals surface area (Å²) in [5.74, 6) is -3.01. The molecule has 2 aromatic heterocycles. The van der Waals surface area contributed by atoms with Crippen LogP contribution < -0.4 is 19.7 Å². The second kappa shape index (κ2) is 9.76. The molecule has 4 aromatic rings. The molecule has 5 aliphatic heterocycles. The van der Waals surface area contributed by atoms with E-state index in [1.165, 1.54) is 12.1 Å². The first-order valence-electron chi connectivity index (χ1n) is 15.5. The SMILES string of the molecule is Oc1cc(-c2nc3c4c(nc(OC[C@]56CCCN5C[C@@H](F)C6)nc4c2F)N2C[C@@H]4CC[C@@H](N4)[C@H]2CO3)c2c(F)c(F)ccc2c1. The molecular weight excluding hydrogens is 592 g/mol. The predicted octanol–water partition coefficient (Wildman–Crippen LogP) is 4.62. The van der Waals surface area contributed by atoms with Crippen molar-refractivity contribution in [2.45, 2.75) is 61.9 Å². The molecule has 2 N–H and O–H groups in total. The van der Waals surface area contributed by atoms with Crippen LogP contribution in [0.25, 0.3) is 32.9 Å². The van der Waals surface area contributed by atoms with Gasteiger partial charge >= 0.3 is 6.01 Å². The summed E-state index contributed by atoms with van der Waals surface area (Å²) in [5, 5.41) is 14.3. The number of alkyl halides is 1. The Bertz CT molecular complexity index is 1900. The lowest BCUT2D eigenvalue weighted by Crippen LogP contribution is -2.60. The number of piperazine rings is 1. The lowest BCUT2D eigenvalue weighted by molar-refractivity contribution is 0.107. The molecule has 13 heteroatoms. The molecule has 0 saturated carbocycles. The molecule has 45 heavy (non-hydrogen) atoms. The Morgan fingerprint density at radius 3 is 2.84 bits per heavy atom. The Hall–Kier alpha value is -3.97. The van der Waals surface area contributed by atoms with Gasteiger partial charge in [-0.05, 0) is 55.8 Å². The highest BCUT2D eigenvalue weighted by Gasteiger charge is 2.50. The van der Waals surface area contributed by atoms with E-state index < -0.39 is 29.2 Å². The number of hydrogen-bond acceptors (Lipinski definition) is 9. The molecule has 0 radical (unpaired) electrons. The molecule has 2 aromatic carbocycles. The summed E-state index contributed by atoms with van der Waals surface area (Å²) in [6, 6.07) is 4.83. The third kappa shape index (κ3) is 4.09. The van der Waals surface area contributed by atoms with Crippen LogP contribution in [0.1, 0.15) is 32.1 Å². The molecule has 9 nitrogen and oxygen atoms in total. The van der Waals surface area contributed by atoms with Gasteiger partial charge in [0, 0.05) is 42.5 Å². The fraction of sp³-hybridized carbons (Fsp3) is 0.469. The maximum absolute atomic E-state index is 16.8. The number of ether oxygens (including phenoxy) is 2. The monoisotopic (exact) mass is 622 g/mol. The van der Waals surface area contributed by atoms with E-state index in [9.17, 15) is 13.9 Å². The van der Waals surface area contributed by atoms with E-state index >= 15 is 8.78 Å².